The van der Waals surface area contributed by atoms with Gasteiger partial charge in [-0.05, 0) is 31.0 Å². The largest absolute Gasteiger partial charge is 0.298 e. The molecule has 1 aromatic carbocycles. The van der Waals surface area contributed by atoms with Gasteiger partial charge in [0.1, 0.15) is 0 Å². The van der Waals surface area contributed by atoms with Gasteiger partial charge in [-0.2, -0.15) is 0 Å². The summed E-state index contributed by atoms with van der Waals surface area (Å²) in [4.78, 5) is 5.13. The van der Waals surface area contributed by atoms with Crippen LogP contribution in [0.4, 0.5) is 0 Å². The molecule has 1 aromatic rings. The van der Waals surface area contributed by atoms with Gasteiger partial charge in [0.05, 0.1) is 0 Å². The minimum Gasteiger partial charge on any atom is -0.298 e. The lowest BCUT2D eigenvalue weighted by molar-refractivity contribution is 0.0964. The number of hydrogen-bond donors (Lipinski definition) is 0. The van der Waals surface area contributed by atoms with Crippen molar-refractivity contribution in [3.63, 3.8) is 0 Å². The highest BCUT2D eigenvalue weighted by Gasteiger charge is 2.19. The van der Waals surface area contributed by atoms with E-state index in [1.807, 2.05) is 12.1 Å². The molecule has 1 fully saturated rings. The van der Waals surface area contributed by atoms with Gasteiger partial charge < -0.3 is 0 Å². The number of rotatable bonds is 4. The predicted octanol–water partition coefficient (Wildman–Crippen LogP) is 3.26. The Morgan fingerprint density at radius 1 is 1.11 bits per heavy atom. The third-order valence-corrected chi connectivity index (χ3v) is 4.19. The van der Waals surface area contributed by atoms with Crippen LogP contribution in [0.25, 0.3) is 0 Å². The molecule has 2 nitrogen and oxygen atoms in total. The summed E-state index contributed by atoms with van der Waals surface area (Å²) < 4.78 is 0. The zero-order valence-corrected chi connectivity index (χ0v) is 12.2. The summed E-state index contributed by atoms with van der Waals surface area (Å²) in [6.45, 7) is 10.4. The van der Waals surface area contributed by atoms with E-state index < -0.39 is 0 Å². The second kappa shape index (κ2) is 6.55. The first kappa shape index (κ1) is 13.9. The molecule has 1 saturated heterocycles. The second-order valence-corrected chi connectivity index (χ2v) is 5.63. The number of nitrogens with zero attached hydrogens (tertiary/aromatic N) is 2. The fraction of sp³-hybridized carbons (Fsp3) is 0.600. The molecule has 18 heavy (non-hydrogen) atoms. The zero-order valence-electron chi connectivity index (χ0n) is 11.4. The zero-order chi connectivity index (χ0) is 13.0. The van der Waals surface area contributed by atoms with Crippen LogP contribution in [0, 0.1) is 0 Å². The van der Waals surface area contributed by atoms with E-state index in [0.29, 0.717) is 0 Å². The smallest absolute Gasteiger partial charge is 0.0406 e. The summed E-state index contributed by atoms with van der Waals surface area (Å²) in [7, 11) is 0. The summed E-state index contributed by atoms with van der Waals surface area (Å²) >= 11 is 5.90. The number of benzene rings is 1. The third kappa shape index (κ3) is 3.71. The fourth-order valence-electron chi connectivity index (χ4n) is 2.47. The van der Waals surface area contributed by atoms with E-state index in [2.05, 4.69) is 35.8 Å². The molecule has 100 valence electrons. The van der Waals surface area contributed by atoms with Crippen LogP contribution in [0.15, 0.2) is 24.3 Å². The Hall–Kier alpha value is -0.570. The maximum Gasteiger partial charge on any atom is 0.0406 e. The molecule has 1 heterocycles. The van der Waals surface area contributed by atoms with E-state index in [1.54, 1.807) is 0 Å². The molecule has 0 bridgehead atoms. The molecule has 0 aliphatic carbocycles. The van der Waals surface area contributed by atoms with Crippen molar-refractivity contribution in [2.75, 3.05) is 26.2 Å². The summed E-state index contributed by atoms with van der Waals surface area (Å²) in [5, 5.41) is 0.820. The van der Waals surface area contributed by atoms with Crippen LogP contribution in [-0.2, 0) is 6.54 Å². The van der Waals surface area contributed by atoms with Gasteiger partial charge in [0, 0.05) is 43.8 Å². The summed E-state index contributed by atoms with van der Waals surface area (Å²) in [6.07, 6.45) is 1.25. The maximum atomic E-state index is 5.90. The first-order valence-electron chi connectivity index (χ1n) is 6.90. The van der Waals surface area contributed by atoms with Crippen LogP contribution in [0.3, 0.4) is 0 Å². The fourth-order valence-corrected chi connectivity index (χ4v) is 2.59. The van der Waals surface area contributed by atoms with Crippen molar-refractivity contribution in [2.45, 2.75) is 32.9 Å². The third-order valence-electron chi connectivity index (χ3n) is 3.94. The van der Waals surface area contributed by atoms with Crippen LogP contribution in [0.1, 0.15) is 25.8 Å². The van der Waals surface area contributed by atoms with E-state index in [9.17, 15) is 0 Å². The SMILES string of the molecule is CC[C@H](C)N1CCN(Cc2ccc(Cl)cc2)CC1. The molecule has 0 unspecified atom stereocenters. The van der Waals surface area contributed by atoms with Crippen molar-refractivity contribution in [2.24, 2.45) is 0 Å². The normalized spacial score (nSPS) is 19.9. The second-order valence-electron chi connectivity index (χ2n) is 5.20. The van der Waals surface area contributed by atoms with Crippen LogP contribution >= 0.6 is 11.6 Å². The van der Waals surface area contributed by atoms with E-state index in [0.717, 1.165) is 17.6 Å². The molecule has 0 spiro atoms. The van der Waals surface area contributed by atoms with E-state index >= 15 is 0 Å². The van der Waals surface area contributed by atoms with Gasteiger partial charge in [-0.15, -0.1) is 0 Å². The van der Waals surface area contributed by atoms with Crippen molar-refractivity contribution < 1.29 is 0 Å². The van der Waals surface area contributed by atoms with Gasteiger partial charge in [-0.25, -0.2) is 0 Å². The van der Waals surface area contributed by atoms with Gasteiger partial charge in [-0.1, -0.05) is 30.7 Å². The molecule has 2 rings (SSSR count). The highest BCUT2D eigenvalue weighted by molar-refractivity contribution is 6.30. The Morgan fingerprint density at radius 2 is 1.72 bits per heavy atom. The highest BCUT2D eigenvalue weighted by atomic mass is 35.5. The van der Waals surface area contributed by atoms with Gasteiger partial charge in [0.2, 0.25) is 0 Å². The highest BCUT2D eigenvalue weighted by Crippen LogP contribution is 2.14. The lowest BCUT2D eigenvalue weighted by atomic mass is 10.1. The van der Waals surface area contributed by atoms with E-state index in [4.69, 9.17) is 11.6 Å². The molecule has 1 atom stereocenters. The maximum absolute atomic E-state index is 5.90. The molecule has 0 amide bonds. The Kier molecular flexibility index (Phi) is 5.04. The summed E-state index contributed by atoms with van der Waals surface area (Å²) in [6, 6.07) is 8.94. The molecular formula is C15H23ClN2. The standard InChI is InChI=1S/C15H23ClN2/c1-3-13(2)18-10-8-17(9-11-18)12-14-4-6-15(16)7-5-14/h4-7,13H,3,8-12H2,1-2H3/t13-/m0/s1. The van der Waals surface area contributed by atoms with Crippen LogP contribution < -0.4 is 0 Å². The Balaban J connectivity index is 1.81. The lowest BCUT2D eigenvalue weighted by Crippen LogP contribution is -2.48. The van der Waals surface area contributed by atoms with Crippen LogP contribution in [0.5, 0.6) is 0 Å². The number of piperazine rings is 1. The number of halogens is 1. The quantitative estimate of drug-likeness (QED) is 0.825. The molecule has 1 aliphatic rings. The van der Waals surface area contributed by atoms with Crippen molar-refractivity contribution in [1.82, 2.24) is 9.80 Å². The molecule has 0 radical (unpaired) electrons. The predicted molar refractivity (Wildman–Crippen MR) is 78.1 cm³/mol. The van der Waals surface area contributed by atoms with Gasteiger partial charge in [-0.3, -0.25) is 9.80 Å². The van der Waals surface area contributed by atoms with Crippen molar-refractivity contribution >= 4 is 11.6 Å². The molecule has 1 aliphatic heterocycles. The number of hydrogen-bond acceptors (Lipinski definition) is 2. The Bertz CT molecular complexity index is 355. The lowest BCUT2D eigenvalue weighted by Gasteiger charge is -2.37. The molecule has 0 saturated carbocycles. The molecule has 0 aromatic heterocycles. The molecular weight excluding hydrogens is 244 g/mol. The van der Waals surface area contributed by atoms with Gasteiger partial charge >= 0.3 is 0 Å². The Morgan fingerprint density at radius 3 is 2.28 bits per heavy atom. The van der Waals surface area contributed by atoms with Crippen LogP contribution in [0.2, 0.25) is 5.02 Å². The monoisotopic (exact) mass is 266 g/mol. The molecule has 3 heteroatoms. The topological polar surface area (TPSA) is 6.48 Å². The van der Waals surface area contributed by atoms with Crippen molar-refractivity contribution in [3.8, 4) is 0 Å². The van der Waals surface area contributed by atoms with Crippen LogP contribution in [-0.4, -0.2) is 42.0 Å². The minimum absolute atomic E-state index is 0.725. The van der Waals surface area contributed by atoms with Gasteiger partial charge in [0.25, 0.3) is 0 Å². The summed E-state index contributed by atoms with van der Waals surface area (Å²) in [5.74, 6) is 0. The summed E-state index contributed by atoms with van der Waals surface area (Å²) in [5.41, 5.74) is 1.36. The Labute approximate surface area is 116 Å². The molecule has 0 N–H and O–H groups in total. The minimum atomic E-state index is 0.725. The van der Waals surface area contributed by atoms with E-state index in [1.165, 1.54) is 38.2 Å². The average molecular weight is 267 g/mol. The van der Waals surface area contributed by atoms with Crippen molar-refractivity contribution in [1.29, 1.82) is 0 Å². The van der Waals surface area contributed by atoms with E-state index in [-0.39, 0.29) is 0 Å². The first-order valence-corrected chi connectivity index (χ1v) is 7.27. The van der Waals surface area contributed by atoms with Crippen molar-refractivity contribution in [3.05, 3.63) is 34.9 Å². The average Bonchev–Trinajstić information content (AvgIpc) is 2.41. The first-order chi connectivity index (χ1) is 8.69. The van der Waals surface area contributed by atoms with Gasteiger partial charge in [0.15, 0.2) is 0 Å².